The molecule has 0 N–H and O–H groups in total. The molecule has 35 heavy (non-hydrogen) atoms. The van der Waals surface area contributed by atoms with Gasteiger partial charge in [-0.05, 0) is 48.9 Å². The molecule has 9 heteroatoms. The lowest BCUT2D eigenvalue weighted by atomic mass is 10.1. The predicted molar refractivity (Wildman–Crippen MR) is 137 cm³/mol. The van der Waals surface area contributed by atoms with E-state index in [4.69, 9.17) is 4.99 Å². The van der Waals surface area contributed by atoms with Crippen LogP contribution in [0.2, 0.25) is 0 Å². The molecule has 0 spiro atoms. The third kappa shape index (κ3) is 4.02. The fourth-order valence-corrected chi connectivity index (χ4v) is 4.86. The van der Waals surface area contributed by atoms with Crippen LogP contribution in [-0.4, -0.2) is 18.9 Å². The van der Waals surface area contributed by atoms with Gasteiger partial charge in [-0.2, -0.15) is 0 Å². The summed E-state index contributed by atoms with van der Waals surface area (Å²) in [6, 6.07) is 25.6. The lowest BCUT2D eigenvalue weighted by molar-refractivity contribution is -0.384. The summed E-state index contributed by atoms with van der Waals surface area (Å²) >= 11 is 1.40. The molecule has 0 fully saturated rings. The van der Waals surface area contributed by atoms with Crippen molar-refractivity contribution < 1.29 is 4.92 Å². The van der Waals surface area contributed by atoms with E-state index >= 15 is 0 Å². The SMILES string of the molecule is Cc1c(N=c2scc(-c3ccc([N+](=O)[O-])cc3)n2-c2ccccc2)c(=O)n(-c2ccccc2)n1C. The van der Waals surface area contributed by atoms with Gasteiger partial charge < -0.3 is 0 Å². The summed E-state index contributed by atoms with van der Waals surface area (Å²) in [7, 11) is 1.84. The van der Waals surface area contributed by atoms with Gasteiger partial charge in [-0.15, -0.1) is 11.3 Å². The van der Waals surface area contributed by atoms with Gasteiger partial charge in [0.2, 0.25) is 0 Å². The molecule has 0 unspecified atom stereocenters. The second-order valence-corrected chi connectivity index (χ2v) is 8.74. The van der Waals surface area contributed by atoms with Gasteiger partial charge >= 0.3 is 0 Å². The van der Waals surface area contributed by atoms with Crippen molar-refractivity contribution in [3.63, 3.8) is 0 Å². The van der Waals surface area contributed by atoms with Crippen molar-refractivity contribution in [2.75, 3.05) is 0 Å². The molecule has 0 saturated carbocycles. The van der Waals surface area contributed by atoms with Gasteiger partial charge in [-0.1, -0.05) is 36.4 Å². The van der Waals surface area contributed by atoms with E-state index in [9.17, 15) is 14.9 Å². The third-order valence-electron chi connectivity index (χ3n) is 5.83. The maximum Gasteiger partial charge on any atom is 0.297 e. The van der Waals surface area contributed by atoms with Gasteiger partial charge in [-0.3, -0.25) is 24.2 Å². The van der Waals surface area contributed by atoms with Gasteiger partial charge in [0.25, 0.3) is 11.2 Å². The summed E-state index contributed by atoms with van der Waals surface area (Å²) in [6.07, 6.45) is 0. The van der Waals surface area contributed by atoms with Gasteiger partial charge in [-0.25, -0.2) is 9.67 Å². The molecule has 8 nitrogen and oxygen atoms in total. The molecule has 2 heterocycles. The van der Waals surface area contributed by atoms with E-state index in [1.807, 2.05) is 84.6 Å². The molecule has 0 aliphatic heterocycles. The molecule has 0 amide bonds. The van der Waals surface area contributed by atoms with Crippen LogP contribution >= 0.6 is 11.3 Å². The largest absolute Gasteiger partial charge is 0.297 e. The molecule has 174 valence electrons. The Morgan fingerprint density at radius 2 is 1.49 bits per heavy atom. The summed E-state index contributed by atoms with van der Waals surface area (Å²) in [5.74, 6) is 0. The first-order valence-electron chi connectivity index (χ1n) is 10.9. The second-order valence-electron chi connectivity index (χ2n) is 7.90. The fraction of sp³-hybridized carbons (Fsp3) is 0.0769. The van der Waals surface area contributed by atoms with Crippen LogP contribution in [-0.2, 0) is 7.05 Å². The van der Waals surface area contributed by atoms with Crippen molar-refractivity contribution in [1.29, 1.82) is 0 Å². The maximum absolute atomic E-state index is 13.4. The van der Waals surface area contributed by atoms with Crippen LogP contribution in [0.15, 0.2) is 100 Å². The lowest BCUT2D eigenvalue weighted by Gasteiger charge is -2.09. The highest BCUT2D eigenvalue weighted by Crippen LogP contribution is 2.26. The summed E-state index contributed by atoms with van der Waals surface area (Å²) < 4.78 is 5.37. The zero-order valence-corrected chi connectivity index (χ0v) is 19.8. The molecule has 0 aliphatic rings. The van der Waals surface area contributed by atoms with Crippen LogP contribution in [0.5, 0.6) is 0 Å². The number of rotatable bonds is 5. The summed E-state index contributed by atoms with van der Waals surface area (Å²) in [4.78, 5) is 29.6. The summed E-state index contributed by atoms with van der Waals surface area (Å²) in [5.41, 5.74) is 4.19. The number of nitro benzene ring substituents is 1. The number of non-ortho nitro benzene ring substituents is 1. The molecule has 0 saturated heterocycles. The van der Waals surface area contributed by atoms with Crippen molar-refractivity contribution >= 4 is 22.7 Å². The molecular weight excluding hydrogens is 462 g/mol. The van der Waals surface area contributed by atoms with E-state index in [2.05, 4.69) is 0 Å². The first kappa shape index (κ1) is 22.3. The normalized spacial score (nSPS) is 11.7. The molecule has 2 aromatic heterocycles. The summed E-state index contributed by atoms with van der Waals surface area (Å²) in [6.45, 7) is 1.87. The van der Waals surface area contributed by atoms with E-state index in [0.717, 1.165) is 28.3 Å². The van der Waals surface area contributed by atoms with Crippen LogP contribution in [0, 0.1) is 17.0 Å². The minimum atomic E-state index is -0.417. The monoisotopic (exact) mass is 483 g/mol. The summed E-state index contributed by atoms with van der Waals surface area (Å²) in [5, 5.41) is 13.0. The zero-order chi connectivity index (χ0) is 24.5. The number of aromatic nitrogens is 3. The van der Waals surface area contributed by atoms with E-state index in [1.54, 1.807) is 21.5 Å². The quantitative estimate of drug-likeness (QED) is 0.256. The van der Waals surface area contributed by atoms with Crippen LogP contribution in [0.4, 0.5) is 11.4 Å². The smallest absolute Gasteiger partial charge is 0.285 e. The molecule has 0 atom stereocenters. The first-order chi connectivity index (χ1) is 17.0. The number of thiazole rings is 1. The van der Waals surface area contributed by atoms with Crippen molar-refractivity contribution in [3.8, 4) is 22.6 Å². The zero-order valence-electron chi connectivity index (χ0n) is 19.0. The molecule has 0 bridgehead atoms. The minimum absolute atomic E-state index is 0.0292. The minimum Gasteiger partial charge on any atom is -0.285 e. The fourth-order valence-electron chi connectivity index (χ4n) is 3.95. The van der Waals surface area contributed by atoms with Gasteiger partial charge in [0.05, 0.1) is 22.0 Å². The standard InChI is InChI=1S/C26H21N5O3S/c1-18-24(25(32)30(28(18)2)21-11-7-4-8-12-21)27-26-29(20-9-5-3-6-10-20)23(17-35-26)19-13-15-22(16-14-19)31(33)34/h3-17H,1-2H3. The van der Waals surface area contributed by atoms with Crippen molar-refractivity contribution in [2.24, 2.45) is 12.0 Å². The van der Waals surface area contributed by atoms with E-state index in [-0.39, 0.29) is 11.2 Å². The van der Waals surface area contributed by atoms with Crippen LogP contribution in [0.1, 0.15) is 5.69 Å². The number of hydrogen-bond donors (Lipinski definition) is 0. The highest BCUT2D eigenvalue weighted by atomic mass is 32.1. The molecule has 0 aliphatic carbocycles. The maximum atomic E-state index is 13.4. The third-order valence-corrected chi connectivity index (χ3v) is 6.65. The number of para-hydroxylation sites is 2. The highest BCUT2D eigenvalue weighted by molar-refractivity contribution is 7.07. The van der Waals surface area contributed by atoms with Gasteiger partial charge in [0.1, 0.15) is 0 Å². The first-order valence-corrected chi connectivity index (χ1v) is 11.7. The van der Waals surface area contributed by atoms with Gasteiger partial charge in [0, 0.05) is 30.2 Å². The number of nitro groups is 1. The molecule has 5 rings (SSSR count). The predicted octanol–water partition coefficient (Wildman–Crippen LogP) is 5.14. The van der Waals surface area contributed by atoms with Crippen LogP contribution in [0.3, 0.4) is 0 Å². The second kappa shape index (κ2) is 9.03. The average molecular weight is 484 g/mol. The van der Waals surface area contributed by atoms with Gasteiger partial charge in [0.15, 0.2) is 10.5 Å². The average Bonchev–Trinajstić information content (AvgIpc) is 3.39. The Hall–Kier alpha value is -4.50. The van der Waals surface area contributed by atoms with Crippen molar-refractivity contribution in [1.82, 2.24) is 13.9 Å². The van der Waals surface area contributed by atoms with Crippen LogP contribution < -0.4 is 10.4 Å². The Balaban J connectivity index is 1.73. The van der Waals surface area contributed by atoms with Crippen molar-refractivity contribution in [3.05, 3.63) is 121 Å². The molecular formula is C26H21N5O3S. The Bertz CT molecular complexity index is 1640. The van der Waals surface area contributed by atoms with E-state index in [0.29, 0.717) is 10.5 Å². The lowest BCUT2D eigenvalue weighted by Crippen LogP contribution is -2.20. The number of hydrogen-bond acceptors (Lipinski definition) is 5. The number of benzene rings is 3. The Morgan fingerprint density at radius 3 is 2.09 bits per heavy atom. The topological polar surface area (TPSA) is 87.4 Å². The van der Waals surface area contributed by atoms with E-state index in [1.165, 1.54) is 23.5 Å². The van der Waals surface area contributed by atoms with Crippen LogP contribution in [0.25, 0.3) is 22.6 Å². The highest BCUT2D eigenvalue weighted by Gasteiger charge is 2.17. The Morgan fingerprint density at radius 1 is 0.886 bits per heavy atom. The molecule has 5 aromatic rings. The molecule has 0 radical (unpaired) electrons. The number of nitrogens with zero attached hydrogens (tertiary/aromatic N) is 5. The van der Waals surface area contributed by atoms with E-state index < -0.39 is 4.92 Å². The Kier molecular flexibility index (Phi) is 5.76. The molecule has 3 aromatic carbocycles. The Labute approximate surface area is 204 Å². The van der Waals surface area contributed by atoms with Crippen molar-refractivity contribution in [2.45, 2.75) is 6.92 Å².